The average Bonchev–Trinajstić information content (AvgIpc) is 2.95. The van der Waals surface area contributed by atoms with Crippen LogP contribution in [0.25, 0.3) is 20.4 Å². The van der Waals surface area contributed by atoms with Crippen molar-refractivity contribution < 1.29 is 0 Å². The third-order valence-corrected chi connectivity index (χ3v) is 5.17. The molecule has 7 heteroatoms. The van der Waals surface area contributed by atoms with Crippen LogP contribution in [0.1, 0.15) is 16.8 Å². The van der Waals surface area contributed by atoms with Crippen LogP contribution < -0.4 is 5.56 Å². The number of rotatable bonds is 2. The topological polar surface area (TPSA) is 60.1 Å². The zero-order valence-corrected chi connectivity index (χ0v) is 15.1. The highest BCUT2D eigenvalue weighted by molar-refractivity contribution is 7.25. The van der Waals surface area contributed by atoms with Crippen LogP contribution in [0, 0.1) is 13.8 Å². The van der Waals surface area contributed by atoms with E-state index in [0.717, 1.165) is 27.0 Å². The molecule has 0 amide bonds. The molecule has 4 aromatic rings. The maximum absolute atomic E-state index is 12.7. The quantitative estimate of drug-likeness (QED) is 0.499. The molecule has 4 rings (SSSR count). The summed E-state index contributed by atoms with van der Waals surface area (Å²) >= 11 is 7.22. The van der Waals surface area contributed by atoms with Gasteiger partial charge in [-0.1, -0.05) is 23.7 Å². The second-order valence-corrected chi connectivity index (χ2v) is 7.17. The van der Waals surface area contributed by atoms with E-state index in [1.54, 1.807) is 18.3 Å². The molecular weight excluding hydrogens is 356 g/mol. The van der Waals surface area contributed by atoms with Crippen molar-refractivity contribution in [3.8, 4) is 0 Å². The van der Waals surface area contributed by atoms with Crippen molar-refractivity contribution in [3.05, 3.63) is 68.9 Å². The highest BCUT2D eigenvalue weighted by atomic mass is 35.5. The molecule has 0 aliphatic carbocycles. The summed E-state index contributed by atoms with van der Waals surface area (Å²) in [5.41, 5.74) is 3.34. The number of fused-ring (bicyclic) bond motifs is 3. The Balaban J connectivity index is 1.85. The molecule has 0 radical (unpaired) electrons. The standard InChI is InChI=1S/C18H13ClN4OS/c1-10-7-11(2)22-17-14(10)15-16(25-17)18(24)23(9-20-15)21-8-12-3-5-13(19)6-4-12/h3-9H,1-2H3. The number of nitrogens with zero attached hydrogens (tertiary/aromatic N) is 4. The summed E-state index contributed by atoms with van der Waals surface area (Å²) in [6.45, 7) is 3.95. The Bertz CT molecular complexity index is 1190. The van der Waals surface area contributed by atoms with E-state index in [1.165, 1.54) is 22.3 Å². The molecule has 0 N–H and O–H groups in total. The lowest BCUT2D eigenvalue weighted by atomic mass is 10.1. The van der Waals surface area contributed by atoms with Crippen LogP contribution in [0.5, 0.6) is 0 Å². The Morgan fingerprint density at radius 3 is 2.76 bits per heavy atom. The average molecular weight is 369 g/mol. The third-order valence-electron chi connectivity index (χ3n) is 3.86. The van der Waals surface area contributed by atoms with Gasteiger partial charge in [0.1, 0.15) is 15.9 Å². The fourth-order valence-electron chi connectivity index (χ4n) is 2.72. The van der Waals surface area contributed by atoms with E-state index in [0.29, 0.717) is 15.2 Å². The SMILES string of the molecule is Cc1cc(C)c2c(n1)sc1c(=O)n(N=Cc3ccc(Cl)cc3)cnc12. The number of benzene rings is 1. The smallest absolute Gasteiger partial charge is 0.266 e. The van der Waals surface area contributed by atoms with Crippen molar-refractivity contribution in [2.45, 2.75) is 13.8 Å². The summed E-state index contributed by atoms with van der Waals surface area (Å²) in [5.74, 6) is 0. The first-order valence-electron chi connectivity index (χ1n) is 7.61. The minimum absolute atomic E-state index is 0.199. The van der Waals surface area contributed by atoms with Crippen LogP contribution in [0.2, 0.25) is 5.02 Å². The van der Waals surface area contributed by atoms with Gasteiger partial charge in [0.25, 0.3) is 5.56 Å². The molecule has 0 saturated carbocycles. The van der Waals surface area contributed by atoms with Crippen molar-refractivity contribution in [2.75, 3.05) is 0 Å². The van der Waals surface area contributed by atoms with Crippen molar-refractivity contribution in [1.29, 1.82) is 0 Å². The zero-order valence-electron chi connectivity index (χ0n) is 13.5. The Morgan fingerprint density at radius 1 is 1.24 bits per heavy atom. The van der Waals surface area contributed by atoms with Gasteiger partial charge in [0, 0.05) is 16.1 Å². The van der Waals surface area contributed by atoms with Gasteiger partial charge in [0.2, 0.25) is 0 Å². The van der Waals surface area contributed by atoms with Crippen LogP contribution >= 0.6 is 22.9 Å². The molecule has 0 spiro atoms. The number of pyridine rings is 1. The highest BCUT2D eigenvalue weighted by Crippen LogP contribution is 2.31. The van der Waals surface area contributed by atoms with Crippen LogP contribution in [0.4, 0.5) is 0 Å². The van der Waals surface area contributed by atoms with Crippen molar-refractivity contribution in [2.24, 2.45) is 5.10 Å². The molecule has 124 valence electrons. The van der Waals surface area contributed by atoms with E-state index in [2.05, 4.69) is 15.1 Å². The lowest BCUT2D eigenvalue weighted by Gasteiger charge is -1.99. The summed E-state index contributed by atoms with van der Waals surface area (Å²) in [6, 6.07) is 9.21. The van der Waals surface area contributed by atoms with Crippen LogP contribution in [0.3, 0.4) is 0 Å². The van der Waals surface area contributed by atoms with E-state index in [-0.39, 0.29) is 5.56 Å². The molecule has 25 heavy (non-hydrogen) atoms. The van der Waals surface area contributed by atoms with E-state index < -0.39 is 0 Å². The first-order valence-corrected chi connectivity index (χ1v) is 8.80. The van der Waals surface area contributed by atoms with Gasteiger partial charge in [-0.25, -0.2) is 9.97 Å². The van der Waals surface area contributed by atoms with Gasteiger partial charge in [-0.05, 0) is 43.2 Å². The number of hydrogen-bond acceptors (Lipinski definition) is 5. The van der Waals surface area contributed by atoms with Crippen LogP contribution in [-0.4, -0.2) is 20.9 Å². The molecule has 0 aliphatic rings. The van der Waals surface area contributed by atoms with Gasteiger partial charge in [-0.15, -0.1) is 11.3 Å². The summed E-state index contributed by atoms with van der Waals surface area (Å²) in [4.78, 5) is 22.5. The minimum atomic E-state index is -0.199. The summed E-state index contributed by atoms with van der Waals surface area (Å²) in [7, 11) is 0. The van der Waals surface area contributed by atoms with Crippen molar-refractivity contribution in [1.82, 2.24) is 14.6 Å². The third kappa shape index (κ3) is 2.83. The van der Waals surface area contributed by atoms with Crippen LogP contribution in [-0.2, 0) is 0 Å². The van der Waals surface area contributed by atoms with E-state index in [9.17, 15) is 4.79 Å². The molecule has 0 unspecified atom stereocenters. The maximum atomic E-state index is 12.7. The van der Waals surface area contributed by atoms with Gasteiger partial charge in [-0.3, -0.25) is 4.79 Å². The van der Waals surface area contributed by atoms with E-state index in [1.807, 2.05) is 32.0 Å². The fourth-order valence-corrected chi connectivity index (χ4v) is 4.02. The molecule has 5 nitrogen and oxygen atoms in total. The number of aromatic nitrogens is 3. The summed E-state index contributed by atoms with van der Waals surface area (Å²) < 4.78 is 1.81. The zero-order chi connectivity index (χ0) is 17.6. The fraction of sp³-hybridized carbons (Fsp3) is 0.111. The predicted molar refractivity (Wildman–Crippen MR) is 103 cm³/mol. The minimum Gasteiger partial charge on any atom is -0.266 e. The van der Waals surface area contributed by atoms with Gasteiger partial charge >= 0.3 is 0 Å². The van der Waals surface area contributed by atoms with E-state index in [4.69, 9.17) is 11.6 Å². The molecule has 0 aliphatic heterocycles. The van der Waals surface area contributed by atoms with Gasteiger partial charge in [-0.2, -0.15) is 9.78 Å². The predicted octanol–water partition coefficient (Wildman–Crippen LogP) is 4.16. The van der Waals surface area contributed by atoms with Gasteiger partial charge < -0.3 is 0 Å². The second-order valence-electron chi connectivity index (χ2n) is 5.73. The first kappa shape index (κ1) is 15.9. The molecule has 0 saturated heterocycles. The number of aryl methyl sites for hydroxylation is 2. The first-order chi connectivity index (χ1) is 12.0. The Labute approximate surface area is 152 Å². The van der Waals surface area contributed by atoms with Crippen molar-refractivity contribution in [3.63, 3.8) is 0 Å². The van der Waals surface area contributed by atoms with E-state index >= 15 is 0 Å². The number of thiophene rings is 1. The van der Waals surface area contributed by atoms with Gasteiger partial charge in [0.05, 0.1) is 11.7 Å². The molecule has 0 fully saturated rings. The number of halogens is 1. The maximum Gasteiger partial charge on any atom is 0.291 e. The molecule has 3 aromatic heterocycles. The Kier molecular flexibility index (Phi) is 3.86. The number of hydrogen-bond donors (Lipinski definition) is 0. The summed E-state index contributed by atoms with van der Waals surface area (Å²) in [5, 5.41) is 5.82. The van der Waals surface area contributed by atoms with Gasteiger partial charge in [0.15, 0.2) is 0 Å². The largest absolute Gasteiger partial charge is 0.291 e. The molecule has 3 heterocycles. The molecular formula is C18H13ClN4OS. The Hall–Kier alpha value is -2.57. The Morgan fingerprint density at radius 2 is 2.00 bits per heavy atom. The highest BCUT2D eigenvalue weighted by Gasteiger charge is 2.14. The summed E-state index contributed by atoms with van der Waals surface area (Å²) in [6.07, 6.45) is 3.05. The van der Waals surface area contributed by atoms with Crippen LogP contribution in [0.15, 0.2) is 46.6 Å². The van der Waals surface area contributed by atoms with Crippen molar-refractivity contribution >= 4 is 49.6 Å². The molecule has 0 atom stereocenters. The molecule has 1 aromatic carbocycles. The monoisotopic (exact) mass is 368 g/mol. The lowest BCUT2D eigenvalue weighted by Crippen LogP contribution is -2.15. The normalized spacial score (nSPS) is 11.8. The molecule has 0 bridgehead atoms. The lowest BCUT2D eigenvalue weighted by molar-refractivity contribution is 0.819. The second kappa shape index (κ2) is 6.06.